The van der Waals surface area contributed by atoms with Crippen molar-refractivity contribution in [2.75, 3.05) is 26.3 Å². The van der Waals surface area contributed by atoms with Crippen molar-refractivity contribution in [2.24, 2.45) is 0 Å². The van der Waals surface area contributed by atoms with Gasteiger partial charge >= 0.3 is 0 Å². The number of nitrogens with zero attached hydrogens (tertiary/aromatic N) is 1. The molecular weight excluding hydrogens is 304 g/mol. The van der Waals surface area contributed by atoms with Gasteiger partial charge in [0.2, 0.25) is 0 Å². The Morgan fingerprint density at radius 2 is 2.23 bits per heavy atom. The molecule has 1 aromatic carbocycles. The summed E-state index contributed by atoms with van der Waals surface area (Å²) in [6.45, 7) is 6.53. The van der Waals surface area contributed by atoms with E-state index in [0.29, 0.717) is 11.5 Å². The first-order valence-corrected chi connectivity index (χ1v) is 7.75. The highest BCUT2D eigenvalue weighted by Gasteiger charge is 2.17. The van der Waals surface area contributed by atoms with Crippen LogP contribution in [0.2, 0.25) is 5.02 Å². The Hall–Kier alpha value is -1.56. The van der Waals surface area contributed by atoms with Crippen molar-refractivity contribution in [3.05, 3.63) is 34.5 Å². The summed E-state index contributed by atoms with van der Waals surface area (Å²) in [6, 6.07) is 3.90. The van der Waals surface area contributed by atoms with Gasteiger partial charge in [-0.05, 0) is 24.6 Å². The molecule has 1 aliphatic rings. The van der Waals surface area contributed by atoms with Gasteiger partial charge in [-0.25, -0.2) is 0 Å². The molecule has 0 radical (unpaired) electrons. The van der Waals surface area contributed by atoms with Crippen molar-refractivity contribution >= 4 is 29.0 Å². The number of H-pyrrole nitrogens is 1. The van der Waals surface area contributed by atoms with Crippen LogP contribution in [0.25, 0.3) is 10.9 Å². The van der Waals surface area contributed by atoms with E-state index >= 15 is 0 Å². The zero-order chi connectivity index (χ0) is 15.5. The first kappa shape index (κ1) is 15.3. The maximum atomic E-state index is 10.6. The van der Waals surface area contributed by atoms with Crippen LogP contribution in [0.15, 0.2) is 18.3 Å². The third kappa shape index (κ3) is 3.11. The second-order valence-electron chi connectivity index (χ2n) is 5.49. The summed E-state index contributed by atoms with van der Waals surface area (Å²) in [7, 11) is 0. The van der Waals surface area contributed by atoms with Crippen molar-refractivity contribution < 1.29 is 14.3 Å². The Bertz CT molecular complexity index is 665. The SMILES string of the molecule is CC(OC=O)c1c[nH]c2c(CN3CCOCC3)cc(Cl)cc12. The van der Waals surface area contributed by atoms with E-state index in [1.807, 2.05) is 25.3 Å². The molecule has 6 heteroatoms. The second-order valence-corrected chi connectivity index (χ2v) is 5.93. The predicted molar refractivity (Wildman–Crippen MR) is 85.0 cm³/mol. The Balaban J connectivity index is 1.94. The summed E-state index contributed by atoms with van der Waals surface area (Å²) in [4.78, 5) is 16.2. The average molecular weight is 323 g/mol. The molecule has 22 heavy (non-hydrogen) atoms. The number of hydrogen-bond donors (Lipinski definition) is 1. The van der Waals surface area contributed by atoms with Gasteiger partial charge < -0.3 is 14.5 Å². The summed E-state index contributed by atoms with van der Waals surface area (Å²) in [5.74, 6) is 0. The van der Waals surface area contributed by atoms with Crippen LogP contribution in [-0.4, -0.2) is 42.7 Å². The number of ether oxygens (including phenoxy) is 2. The van der Waals surface area contributed by atoms with Crippen LogP contribution >= 0.6 is 11.6 Å². The summed E-state index contributed by atoms with van der Waals surface area (Å²) in [6.07, 6.45) is 1.58. The molecule has 0 saturated carbocycles. The standard InChI is InChI=1S/C16H19ClN2O3/c1-11(22-10-20)15-8-18-16-12(6-13(17)7-14(15)16)9-19-2-4-21-5-3-19/h6-8,10-11,18H,2-5,9H2,1H3. The summed E-state index contributed by atoms with van der Waals surface area (Å²) in [5.41, 5.74) is 3.13. The van der Waals surface area contributed by atoms with Crippen molar-refractivity contribution in [1.82, 2.24) is 9.88 Å². The third-order valence-corrected chi connectivity index (χ3v) is 4.28. The van der Waals surface area contributed by atoms with E-state index in [4.69, 9.17) is 21.1 Å². The number of carbonyl (C=O) groups excluding carboxylic acids is 1. The van der Waals surface area contributed by atoms with E-state index in [0.717, 1.165) is 54.9 Å². The van der Waals surface area contributed by atoms with Crippen LogP contribution < -0.4 is 0 Å². The minimum atomic E-state index is -0.305. The maximum Gasteiger partial charge on any atom is 0.293 e. The van der Waals surface area contributed by atoms with Gasteiger partial charge in [-0.15, -0.1) is 0 Å². The molecule has 2 aromatic rings. The van der Waals surface area contributed by atoms with Crippen molar-refractivity contribution in [3.63, 3.8) is 0 Å². The minimum Gasteiger partial charge on any atom is -0.460 e. The molecule has 1 aliphatic heterocycles. The van der Waals surface area contributed by atoms with Crippen molar-refractivity contribution in [1.29, 1.82) is 0 Å². The van der Waals surface area contributed by atoms with Crippen LogP contribution in [0.3, 0.4) is 0 Å². The van der Waals surface area contributed by atoms with E-state index in [-0.39, 0.29) is 6.10 Å². The monoisotopic (exact) mass is 322 g/mol. The van der Waals surface area contributed by atoms with Gasteiger partial charge in [0.05, 0.1) is 18.7 Å². The molecule has 118 valence electrons. The highest BCUT2D eigenvalue weighted by atomic mass is 35.5. The van der Waals surface area contributed by atoms with E-state index in [9.17, 15) is 4.79 Å². The number of aromatic amines is 1. The fourth-order valence-electron chi connectivity index (χ4n) is 2.91. The average Bonchev–Trinajstić information content (AvgIpc) is 2.92. The van der Waals surface area contributed by atoms with Crippen LogP contribution in [0.1, 0.15) is 24.2 Å². The zero-order valence-electron chi connectivity index (χ0n) is 12.5. The van der Waals surface area contributed by atoms with Crippen LogP contribution in [0.5, 0.6) is 0 Å². The number of carbonyl (C=O) groups is 1. The summed E-state index contributed by atoms with van der Waals surface area (Å²) >= 11 is 6.28. The van der Waals surface area contributed by atoms with E-state index < -0.39 is 0 Å². The lowest BCUT2D eigenvalue weighted by Crippen LogP contribution is -2.35. The second kappa shape index (κ2) is 6.69. The van der Waals surface area contributed by atoms with Crippen LogP contribution in [-0.2, 0) is 20.8 Å². The molecule has 1 N–H and O–H groups in total. The molecule has 2 heterocycles. The molecule has 1 atom stereocenters. The maximum absolute atomic E-state index is 10.6. The molecular formula is C16H19ClN2O3. The highest BCUT2D eigenvalue weighted by molar-refractivity contribution is 6.31. The summed E-state index contributed by atoms with van der Waals surface area (Å²) < 4.78 is 10.4. The molecule has 3 rings (SSSR count). The largest absolute Gasteiger partial charge is 0.460 e. The first-order chi connectivity index (χ1) is 10.7. The highest BCUT2D eigenvalue weighted by Crippen LogP contribution is 2.31. The van der Waals surface area contributed by atoms with Gasteiger partial charge in [-0.2, -0.15) is 0 Å². The Labute approximate surface area is 134 Å². The normalized spacial score (nSPS) is 17.5. The number of benzene rings is 1. The molecule has 1 aromatic heterocycles. The van der Waals surface area contributed by atoms with Crippen LogP contribution in [0.4, 0.5) is 0 Å². The molecule has 5 nitrogen and oxygen atoms in total. The molecule has 1 fully saturated rings. The third-order valence-electron chi connectivity index (χ3n) is 4.06. The fraction of sp³-hybridized carbons (Fsp3) is 0.438. The molecule has 0 amide bonds. The lowest BCUT2D eigenvalue weighted by Gasteiger charge is -2.26. The van der Waals surface area contributed by atoms with Gasteiger partial charge in [0.15, 0.2) is 0 Å². The number of fused-ring (bicyclic) bond motifs is 1. The van der Waals surface area contributed by atoms with Gasteiger partial charge in [0, 0.05) is 41.8 Å². The van der Waals surface area contributed by atoms with E-state index in [1.165, 1.54) is 0 Å². The van der Waals surface area contributed by atoms with Crippen molar-refractivity contribution in [3.8, 4) is 0 Å². The molecule has 0 spiro atoms. The van der Waals surface area contributed by atoms with Crippen molar-refractivity contribution in [2.45, 2.75) is 19.6 Å². The number of halogens is 1. The molecule has 0 aliphatic carbocycles. The summed E-state index contributed by atoms with van der Waals surface area (Å²) in [5, 5.41) is 1.69. The van der Waals surface area contributed by atoms with Crippen LogP contribution in [0, 0.1) is 0 Å². The predicted octanol–water partition coefficient (Wildman–Crippen LogP) is 2.89. The molecule has 1 unspecified atom stereocenters. The van der Waals surface area contributed by atoms with Gasteiger partial charge in [0.1, 0.15) is 6.10 Å². The fourth-order valence-corrected chi connectivity index (χ4v) is 3.15. The Kier molecular flexibility index (Phi) is 4.66. The van der Waals surface area contributed by atoms with Gasteiger partial charge in [-0.1, -0.05) is 11.6 Å². The number of morpholine rings is 1. The number of aromatic nitrogens is 1. The van der Waals surface area contributed by atoms with E-state index in [1.54, 1.807) is 0 Å². The zero-order valence-corrected chi connectivity index (χ0v) is 13.2. The van der Waals surface area contributed by atoms with E-state index in [2.05, 4.69) is 9.88 Å². The number of rotatable bonds is 5. The molecule has 0 bridgehead atoms. The number of hydrogen-bond acceptors (Lipinski definition) is 4. The molecule has 1 saturated heterocycles. The Morgan fingerprint density at radius 1 is 1.45 bits per heavy atom. The number of nitrogens with one attached hydrogen (secondary N) is 1. The topological polar surface area (TPSA) is 54.6 Å². The Morgan fingerprint density at radius 3 is 2.95 bits per heavy atom. The first-order valence-electron chi connectivity index (χ1n) is 7.37. The quantitative estimate of drug-likeness (QED) is 0.860. The smallest absolute Gasteiger partial charge is 0.293 e. The lowest BCUT2D eigenvalue weighted by atomic mass is 10.1. The minimum absolute atomic E-state index is 0.305. The van der Waals surface area contributed by atoms with Gasteiger partial charge in [0.25, 0.3) is 6.47 Å². The van der Waals surface area contributed by atoms with Gasteiger partial charge in [-0.3, -0.25) is 9.69 Å². The lowest BCUT2D eigenvalue weighted by molar-refractivity contribution is -0.133.